The molecular weight excluding hydrogens is 340 g/mol. The predicted molar refractivity (Wildman–Crippen MR) is 94.7 cm³/mol. The van der Waals surface area contributed by atoms with Crippen molar-refractivity contribution in [3.8, 4) is 22.3 Å². The molecule has 0 aliphatic carbocycles. The summed E-state index contributed by atoms with van der Waals surface area (Å²) in [6.07, 6.45) is 0.918. The van der Waals surface area contributed by atoms with Gasteiger partial charge in [0.2, 0.25) is 5.89 Å². The molecule has 0 saturated carbocycles. The zero-order chi connectivity index (χ0) is 17.6. The number of carbonyl (C=O) groups excluding carboxylic acids is 1. The zero-order valence-corrected chi connectivity index (χ0v) is 14.7. The highest BCUT2D eigenvalue weighted by Gasteiger charge is 2.15. The molecule has 25 heavy (non-hydrogen) atoms. The molecule has 3 rings (SSSR count). The van der Waals surface area contributed by atoms with Crippen molar-refractivity contribution in [3.05, 3.63) is 53.7 Å². The summed E-state index contributed by atoms with van der Waals surface area (Å²) in [6.45, 7) is 1.98. The fraction of sp³-hybridized carbons (Fsp3) is 0.222. The molecule has 6 nitrogen and oxygen atoms in total. The van der Waals surface area contributed by atoms with E-state index in [1.54, 1.807) is 55.9 Å². The number of aromatic nitrogens is 1. The fourth-order valence-corrected chi connectivity index (χ4v) is 2.79. The number of hydrogen-bond acceptors (Lipinski definition) is 6. The van der Waals surface area contributed by atoms with Crippen LogP contribution in [0.4, 0.5) is 0 Å². The van der Waals surface area contributed by atoms with Crippen molar-refractivity contribution >= 4 is 17.2 Å². The summed E-state index contributed by atoms with van der Waals surface area (Å²) in [7, 11) is 1.60. The van der Waals surface area contributed by atoms with E-state index in [2.05, 4.69) is 10.3 Å². The van der Waals surface area contributed by atoms with E-state index in [-0.39, 0.29) is 12.5 Å². The number of ether oxygens (including phenoxy) is 2. The van der Waals surface area contributed by atoms with Crippen LogP contribution < -0.4 is 14.8 Å². The highest BCUT2D eigenvalue weighted by molar-refractivity contribution is 7.13. The van der Waals surface area contributed by atoms with Crippen LogP contribution in [0.1, 0.15) is 12.6 Å². The van der Waals surface area contributed by atoms with Crippen LogP contribution in [0.15, 0.2) is 52.5 Å². The van der Waals surface area contributed by atoms with Gasteiger partial charge in [0, 0.05) is 0 Å². The Balaban J connectivity index is 1.51. The first-order valence-corrected chi connectivity index (χ1v) is 8.60. The minimum atomic E-state index is -0.628. The SMILES string of the molecule is COc1ccc(O[C@@H](C)C(=O)NCc2coc(-c3cccs3)n2)cc1. The first kappa shape index (κ1) is 17.0. The molecule has 1 amide bonds. The van der Waals surface area contributed by atoms with E-state index >= 15 is 0 Å². The van der Waals surface area contributed by atoms with Crippen LogP contribution in [-0.4, -0.2) is 24.1 Å². The van der Waals surface area contributed by atoms with E-state index < -0.39 is 6.10 Å². The lowest BCUT2D eigenvalue weighted by Gasteiger charge is -2.14. The molecule has 0 radical (unpaired) electrons. The number of amides is 1. The van der Waals surface area contributed by atoms with Crippen LogP contribution >= 0.6 is 11.3 Å². The molecule has 0 aliphatic rings. The normalized spacial score (nSPS) is 11.8. The molecule has 0 unspecified atom stereocenters. The second-order valence-electron chi connectivity index (χ2n) is 5.27. The summed E-state index contributed by atoms with van der Waals surface area (Å²) < 4.78 is 16.1. The molecule has 2 aromatic heterocycles. The lowest BCUT2D eigenvalue weighted by atomic mass is 10.3. The van der Waals surface area contributed by atoms with Crippen LogP contribution in [0, 0.1) is 0 Å². The van der Waals surface area contributed by atoms with E-state index in [9.17, 15) is 4.79 Å². The lowest BCUT2D eigenvalue weighted by Crippen LogP contribution is -2.35. The Morgan fingerprint density at radius 1 is 1.28 bits per heavy atom. The molecular formula is C18H18N2O4S. The van der Waals surface area contributed by atoms with Crippen LogP contribution in [0.5, 0.6) is 11.5 Å². The second kappa shape index (κ2) is 7.85. The van der Waals surface area contributed by atoms with Crippen molar-refractivity contribution in [1.82, 2.24) is 10.3 Å². The number of nitrogens with one attached hydrogen (secondary N) is 1. The number of benzene rings is 1. The molecule has 3 aromatic rings. The van der Waals surface area contributed by atoms with Crippen LogP contribution in [0.2, 0.25) is 0 Å². The Bertz CT molecular complexity index is 812. The zero-order valence-electron chi connectivity index (χ0n) is 13.9. The Morgan fingerprint density at radius 3 is 2.72 bits per heavy atom. The van der Waals surface area contributed by atoms with Gasteiger partial charge < -0.3 is 19.2 Å². The second-order valence-corrected chi connectivity index (χ2v) is 6.22. The highest BCUT2D eigenvalue weighted by atomic mass is 32.1. The quantitative estimate of drug-likeness (QED) is 0.700. The van der Waals surface area contributed by atoms with Gasteiger partial charge in [-0.3, -0.25) is 4.79 Å². The molecule has 130 valence electrons. The van der Waals surface area contributed by atoms with Crippen molar-refractivity contribution in [3.63, 3.8) is 0 Å². The maximum absolute atomic E-state index is 12.2. The molecule has 0 bridgehead atoms. The lowest BCUT2D eigenvalue weighted by molar-refractivity contribution is -0.127. The van der Waals surface area contributed by atoms with Crippen LogP contribution in [-0.2, 0) is 11.3 Å². The average Bonchev–Trinajstić information content (AvgIpc) is 3.31. The van der Waals surface area contributed by atoms with E-state index in [1.165, 1.54) is 0 Å². The van der Waals surface area contributed by atoms with Gasteiger partial charge in [-0.2, -0.15) is 0 Å². The first-order valence-electron chi connectivity index (χ1n) is 7.72. The number of nitrogens with zero attached hydrogens (tertiary/aromatic N) is 1. The standard InChI is InChI=1S/C18H18N2O4S/c1-12(24-15-7-5-14(22-2)6-8-15)17(21)19-10-13-11-23-18(20-13)16-4-3-9-25-16/h3-9,11-12H,10H2,1-2H3,(H,19,21)/t12-/m0/s1. The van der Waals surface area contributed by atoms with Crippen molar-refractivity contribution in [2.45, 2.75) is 19.6 Å². The Kier molecular flexibility index (Phi) is 5.35. The average molecular weight is 358 g/mol. The van der Waals surface area contributed by atoms with Gasteiger partial charge >= 0.3 is 0 Å². The molecule has 0 spiro atoms. The van der Waals surface area contributed by atoms with E-state index in [1.807, 2.05) is 17.5 Å². The minimum Gasteiger partial charge on any atom is -0.497 e. The van der Waals surface area contributed by atoms with Gasteiger partial charge in [0.15, 0.2) is 6.10 Å². The van der Waals surface area contributed by atoms with Gasteiger partial charge in [-0.05, 0) is 42.6 Å². The number of methoxy groups -OCH3 is 1. The van der Waals surface area contributed by atoms with Gasteiger partial charge in [-0.25, -0.2) is 4.98 Å². The fourth-order valence-electron chi connectivity index (χ4n) is 2.13. The van der Waals surface area contributed by atoms with Crippen molar-refractivity contribution in [2.75, 3.05) is 7.11 Å². The number of rotatable bonds is 7. The van der Waals surface area contributed by atoms with Crippen LogP contribution in [0.25, 0.3) is 10.8 Å². The van der Waals surface area contributed by atoms with E-state index in [0.717, 1.165) is 10.6 Å². The summed E-state index contributed by atoms with van der Waals surface area (Å²) in [5.41, 5.74) is 0.661. The van der Waals surface area contributed by atoms with Gasteiger partial charge in [0.05, 0.1) is 24.2 Å². The van der Waals surface area contributed by atoms with Crippen molar-refractivity contribution in [2.24, 2.45) is 0 Å². The van der Waals surface area contributed by atoms with Gasteiger partial charge in [-0.1, -0.05) is 6.07 Å². The third-order valence-electron chi connectivity index (χ3n) is 3.47. The number of thiophene rings is 1. The van der Waals surface area contributed by atoms with Gasteiger partial charge in [0.25, 0.3) is 5.91 Å². The Morgan fingerprint density at radius 2 is 2.04 bits per heavy atom. The van der Waals surface area contributed by atoms with Crippen molar-refractivity contribution in [1.29, 1.82) is 0 Å². The Hall–Kier alpha value is -2.80. The monoisotopic (exact) mass is 358 g/mol. The molecule has 1 aromatic carbocycles. The number of carbonyl (C=O) groups is 1. The predicted octanol–water partition coefficient (Wildman–Crippen LogP) is 3.50. The molecule has 7 heteroatoms. The molecule has 1 N–H and O–H groups in total. The first-order chi connectivity index (χ1) is 12.2. The summed E-state index contributed by atoms with van der Waals surface area (Å²) in [5, 5.41) is 4.75. The van der Waals surface area contributed by atoms with E-state index in [0.29, 0.717) is 17.3 Å². The summed E-state index contributed by atoms with van der Waals surface area (Å²) in [5.74, 6) is 1.67. The maximum Gasteiger partial charge on any atom is 0.261 e. The molecule has 0 saturated heterocycles. The Labute approximate surface area is 149 Å². The minimum absolute atomic E-state index is 0.225. The van der Waals surface area contributed by atoms with Gasteiger partial charge in [-0.15, -0.1) is 11.3 Å². The highest BCUT2D eigenvalue weighted by Crippen LogP contribution is 2.23. The molecule has 0 fully saturated rings. The van der Waals surface area contributed by atoms with Gasteiger partial charge in [0.1, 0.15) is 17.8 Å². The van der Waals surface area contributed by atoms with Crippen molar-refractivity contribution < 1.29 is 18.7 Å². The topological polar surface area (TPSA) is 73.6 Å². The third-order valence-corrected chi connectivity index (χ3v) is 4.33. The maximum atomic E-state index is 12.2. The molecule has 0 aliphatic heterocycles. The number of hydrogen-bond donors (Lipinski definition) is 1. The number of oxazole rings is 1. The third kappa shape index (κ3) is 4.39. The summed E-state index contributed by atoms with van der Waals surface area (Å²) >= 11 is 1.55. The summed E-state index contributed by atoms with van der Waals surface area (Å²) in [4.78, 5) is 17.5. The largest absolute Gasteiger partial charge is 0.497 e. The van der Waals surface area contributed by atoms with E-state index in [4.69, 9.17) is 13.9 Å². The van der Waals surface area contributed by atoms with Crippen LogP contribution in [0.3, 0.4) is 0 Å². The molecule has 1 atom stereocenters. The smallest absolute Gasteiger partial charge is 0.261 e. The molecule has 2 heterocycles. The summed E-state index contributed by atoms with van der Waals surface area (Å²) in [6, 6.07) is 10.9.